The number of ether oxygens (including phenoxy) is 2. The molecular weight excluding hydrogens is 591 g/mol. The van der Waals surface area contributed by atoms with Gasteiger partial charge in [-0.05, 0) is 60.9 Å². The normalized spacial score (nSPS) is 16.4. The van der Waals surface area contributed by atoms with Gasteiger partial charge in [-0.3, -0.25) is 14.4 Å². The van der Waals surface area contributed by atoms with E-state index >= 15 is 0 Å². The van der Waals surface area contributed by atoms with E-state index in [0.29, 0.717) is 43.4 Å². The molecule has 4 rings (SSSR count). The van der Waals surface area contributed by atoms with Crippen molar-refractivity contribution in [3.8, 4) is 11.5 Å². The van der Waals surface area contributed by atoms with Gasteiger partial charge in [0.1, 0.15) is 17.5 Å². The summed E-state index contributed by atoms with van der Waals surface area (Å²) >= 11 is 0. The summed E-state index contributed by atoms with van der Waals surface area (Å²) in [5.74, 6) is -0.0412. The number of anilines is 2. The number of nitrogens with one attached hydrogen (secondary N) is 3. The number of nitrogens with zero attached hydrogens (tertiary/aromatic N) is 2. The van der Waals surface area contributed by atoms with Crippen molar-refractivity contribution < 1.29 is 37.0 Å². The lowest BCUT2D eigenvalue weighted by atomic mass is 9.84. The molecular formula is C32H42F3N5O5. The SMILES string of the molecule is CC(=O)N1CCN(c2ccc(OCC(=O)N[C@@H](CC3CCCCC3)C(=O)NCCNc3ccc(OC(F)(F)F)cc3)cc2)CC1. The number of amides is 3. The highest BCUT2D eigenvalue weighted by Gasteiger charge is 2.31. The maximum absolute atomic E-state index is 13.1. The number of carbonyl (C=O) groups excluding carboxylic acids is 3. The van der Waals surface area contributed by atoms with E-state index in [9.17, 15) is 27.6 Å². The molecule has 3 N–H and O–H groups in total. The highest BCUT2D eigenvalue weighted by molar-refractivity contribution is 5.88. The Hall–Kier alpha value is -4.16. The van der Waals surface area contributed by atoms with Crippen LogP contribution in [0.2, 0.25) is 0 Å². The minimum Gasteiger partial charge on any atom is -0.484 e. The zero-order chi connectivity index (χ0) is 32.2. The molecule has 1 atom stereocenters. The Labute approximate surface area is 261 Å². The molecule has 0 bridgehead atoms. The van der Waals surface area contributed by atoms with Crippen LogP contribution >= 0.6 is 0 Å². The predicted octanol–water partition coefficient (Wildman–Crippen LogP) is 4.32. The first-order chi connectivity index (χ1) is 21.6. The van der Waals surface area contributed by atoms with Crippen LogP contribution in [0.5, 0.6) is 11.5 Å². The van der Waals surface area contributed by atoms with Crippen molar-refractivity contribution in [1.29, 1.82) is 0 Å². The quantitative estimate of drug-likeness (QED) is 0.282. The van der Waals surface area contributed by atoms with E-state index in [2.05, 4.69) is 25.6 Å². The fourth-order valence-electron chi connectivity index (χ4n) is 5.70. The number of benzene rings is 2. The van der Waals surface area contributed by atoms with Gasteiger partial charge in [0.2, 0.25) is 11.8 Å². The number of rotatable bonds is 13. The van der Waals surface area contributed by atoms with E-state index in [0.717, 1.165) is 44.5 Å². The molecule has 2 aliphatic rings. The molecule has 2 fully saturated rings. The van der Waals surface area contributed by atoms with Crippen molar-refractivity contribution in [1.82, 2.24) is 15.5 Å². The first-order valence-corrected chi connectivity index (χ1v) is 15.5. The Morgan fingerprint density at radius 3 is 2.16 bits per heavy atom. The van der Waals surface area contributed by atoms with Crippen molar-refractivity contribution in [2.24, 2.45) is 5.92 Å². The molecule has 1 aliphatic heterocycles. The van der Waals surface area contributed by atoms with Gasteiger partial charge in [-0.1, -0.05) is 32.1 Å². The third-order valence-corrected chi connectivity index (χ3v) is 8.08. The lowest BCUT2D eigenvalue weighted by molar-refractivity contribution is -0.274. The lowest BCUT2D eigenvalue weighted by Crippen LogP contribution is -2.49. The minimum atomic E-state index is -4.75. The summed E-state index contributed by atoms with van der Waals surface area (Å²) in [6.45, 7) is 4.78. The van der Waals surface area contributed by atoms with E-state index in [-0.39, 0.29) is 30.7 Å². The van der Waals surface area contributed by atoms with Crippen LogP contribution < -0.4 is 30.3 Å². The lowest BCUT2D eigenvalue weighted by Gasteiger charge is -2.35. The van der Waals surface area contributed by atoms with Crippen molar-refractivity contribution in [2.45, 2.75) is 57.9 Å². The van der Waals surface area contributed by atoms with Crippen molar-refractivity contribution in [3.63, 3.8) is 0 Å². The molecule has 0 unspecified atom stereocenters. The Morgan fingerprint density at radius 2 is 1.53 bits per heavy atom. The molecule has 0 spiro atoms. The molecule has 0 radical (unpaired) electrons. The summed E-state index contributed by atoms with van der Waals surface area (Å²) < 4.78 is 46.7. The molecule has 0 aromatic heterocycles. The second-order valence-electron chi connectivity index (χ2n) is 11.4. The van der Waals surface area contributed by atoms with Gasteiger partial charge in [0, 0.05) is 57.6 Å². The second kappa shape index (κ2) is 16.2. The van der Waals surface area contributed by atoms with Crippen LogP contribution in [0, 0.1) is 5.92 Å². The number of hydrogen-bond acceptors (Lipinski definition) is 7. The topological polar surface area (TPSA) is 112 Å². The van der Waals surface area contributed by atoms with Gasteiger partial charge in [0.05, 0.1) is 0 Å². The van der Waals surface area contributed by atoms with Gasteiger partial charge in [0.15, 0.2) is 6.61 Å². The Morgan fingerprint density at radius 1 is 0.889 bits per heavy atom. The molecule has 1 saturated carbocycles. The zero-order valence-corrected chi connectivity index (χ0v) is 25.5. The first kappa shape index (κ1) is 33.7. The molecule has 1 heterocycles. The van der Waals surface area contributed by atoms with Crippen LogP contribution in [0.15, 0.2) is 48.5 Å². The fraction of sp³-hybridized carbons (Fsp3) is 0.531. The molecule has 45 heavy (non-hydrogen) atoms. The van der Waals surface area contributed by atoms with Crippen LogP contribution in [0.25, 0.3) is 0 Å². The third kappa shape index (κ3) is 11.4. The number of hydrogen-bond donors (Lipinski definition) is 3. The molecule has 2 aromatic carbocycles. The number of halogens is 3. The third-order valence-electron chi connectivity index (χ3n) is 8.08. The summed E-state index contributed by atoms with van der Waals surface area (Å²) in [6.07, 6.45) is 1.21. The monoisotopic (exact) mass is 633 g/mol. The Balaban J connectivity index is 1.23. The molecule has 1 aliphatic carbocycles. The number of piperazine rings is 1. The smallest absolute Gasteiger partial charge is 0.484 e. The fourth-order valence-corrected chi connectivity index (χ4v) is 5.70. The molecule has 3 amide bonds. The van der Waals surface area contributed by atoms with Crippen LogP contribution in [0.1, 0.15) is 45.4 Å². The predicted molar refractivity (Wildman–Crippen MR) is 164 cm³/mol. The summed E-state index contributed by atoms with van der Waals surface area (Å²) in [5.41, 5.74) is 1.59. The van der Waals surface area contributed by atoms with Gasteiger partial charge >= 0.3 is 6.36 Å². The second-order valence-corrected chi connectivity index (χ2v) is 11.4. The van der Waals surface area contributed by atoms with Crippen molar-refractivity contribution in [2.75, 3.05) is 56.1 Å². The van der Waals surface area contributed by atoms with E-state index < -0.39 is 18.3 Å². The van der Waals surface area contributed by atoms with Crippen LogP contribution in [-0.2, 0) is 14.4 Å². The van der Waals surface area contributed by atoms with Crippen LogP contribution in [-0.4, -0.2) is 80.9 Å². The molecule has 1 saturated heterocycles. The average molecular weight is 634 g/mol. The first-order valence-electron chi connectivity index (χ1n) is 15.5. The van der Waals surface area contributed by atoms with Gasteiger partial charge in [-0.2, -0.15) is 0 Å². The Kier molecular flexibility index (Phi) is 12.2. The number of alkyl halides is 3. The zero-order valence-electron chi connectivity index (χ0n) is 25.5. The van der Waals surface area contributed by atoms with E-state index in [4.69, 9.17) is 4.74 Å². The van der Waals surface area contributed by atoms with Crippen LogP contribution in [0.3, 0.4) is 0 Å². The van der Waals surface area contributed by atoms with Gasteiger partial charge in [-0.15, -0.1) is 13.2 Å². The highest BCUT2D eigenvalue weighted by atomic mass is 19.4. The van der Waals surface area contributed by atoms with Gasteiger partial charge in [-0.25, -0.2) is 0 Å². The van der Waals surface area contributed by atoms with E-state index in [1.165, 1.54) is 30.7 Å². The largest absolute Gasteiger partial charge is 0.573 e. The molecule has 2 aromatic rings. The molecule has 246 valence electrons. The van der Waals surface area contributed by atoms with E-state index in [1.807, 2.05) is 17.0 Å². The molecule has 13 heteroatoms. The van der Waals surface area contributed by atoms with Crippen molar-refractivity contribution in [3.05, 3.63) is 48.5 Å². The van der Waals surface area contributed by atoms with Crippen molar-refractivity contribution >= 4 is 29.1 Å². The standard InChI is InChI=1S/C32H42F3N5O5/c1-23(41)39-17-19-40(20-18-39)26-9-13-27(14-10-26)44-22-30(42)38-29(21-24-5-3-2-4-6-24)31(43)37-16-15-36-25-7-11-28(12-8-25)45-32(33,34)35/h7-14,24,29,36H,2-6,15-22H2,1H3,(H,37,43)(H,38,42)/t29-/m0/s1. The summed E-state index contributed by atoms with van der Waals surface area (Å²) in [5, 5.41) is 8.75. The Bertz CT molecular complexity index is 1250. The highest BCUT2D eigenvalue weighted by Crippen LogP contribution is 2.28. The maximum atomic E-state index is 13.1. The van der Waals surface area contributed by atoms with E-state index in [1.54, 1.807) is 19.1 Å². The maximum Gasteiger partial charge on any atom is 0.573 e. The summed E-state index contributed by atoms with van der Waals surface area (Å²) in [6, 6.07) is 12.1. The summed E-state index contributed by atoms with van der Waals surface area (Å²) in [7, 11) is 0. The average Bonchev–Trinajstić information content (AvgIpc) is 3.02. The summed E-state index contributed by atoms with van der Waals surface area (Å²) in [4.78, 5) is 41.6. The number of carbonyl (C=O) groups is 3. The van der Waals surface area contributed by atoms with Gasteiger partial charge < -0.3 is 35.2 Å². The van der Waals surface area contributed by atoms with Crippen LogP contribution in [0.4, 0.5) is 24.5 Å². The molecule has 10 nitrogen and oxygen atoms in total. The van der Waals surface area contributed by atoms with Gasteiger partial charge in [0.25, 0.3) is 5.91 Å². The minimum absolute atomic E-state index is 0.0813.